The van der Waals surface area contributed by atoms with Crippen LogP contribution in [0.25, 0.3) is 0 Å². The summed E-state index contributed by atoms with van der Waals surface area (Å²) in [6.07, 6.45) is 3.33. The normalized spacial score (nSPS) is 21.7. The number of likely N-dealkylation sites (tertiary alicyclic amines) is 1. The summed E-state index contributed by atoms with van der Waals surface area (Å²) in [5.74, 6) is 1.01. The molecule has 2 aromatic rings. The van der Waals surface area contributed by atoms with E-state index >= 15 is 0 Å². The lowest BCUT2D eigenvalue weighted by Gasteiger charge is -2.18. The summed E-state index contributed by atoms with van der Waals surface area (Å²) < 4.78 is 4.77. The van der Waals surface area contributed by atoms with Crippen LogP contribution in [-0.2, 0) is 6.54 Å². The number of aromatic nitrogens is 4. The Morgan fingerprint density at radius 2 is 2.12 bits per heavy atom. The van der Waals surface area contributed by atoms with Crippen LogP contribution in [-0.4, -0.2) is 51.4 Å². The van der Waals surface area contributed by atoms with Crippen molar-refractivity contribution in [3.05, 3.63) is 33.5 Å². The Balaban J connectivity index is 1.48. The van der Waals surface area contributed by atoms with Crippen LogP contribution in [0.4, 0.5) is 5.95 Å². The van der Waals surface area contributed by atoms with Crippen LogP contribution in [0, 0.1) is 6.92 Å². The topological polar surface area (TPSA) is 91.2 Å². The zero-order valence-electron chi connectivity index (χ0n) is 13.9. The Kier molecular flexibility index (Phi) is 4.05. The molecular formula is C16H22N6O2. The number of H-pyrrole nitrogens is 1. The average molecular weight is 330 g/mol. The van der Waals surface area contributed by atoms with E-state index in [1.165, 1.54) is 0 Å². The first kappa shape index (κ1) is 15.3. The third-order valence-corrected chi connectivity index (χ3v) is 4.97. The van der Waals surface area contributed by atoms with Gasteiger partial charge in [0, 0.05) is 38.2 Å². The van der Waals surface area contributed by atoms with E-state index in [9.17, 15) is 4.79 Å². The van der Waals surface area contributed by atoms with E-state index in [0.717, 1.165) is 75.0 Å². The van der Waals surface area contributed by atoms with Gasteiger partial charge in [-0.2, -0.15) is 0 Å². The van der Waals surface area contributed by atoms with Crippen molar-refractivity contribution < 1.29 is 4.63 Å². The summed E-state index contributed by atoms with van der Waals surface area (Å²) in [5.41, 5.74) is 2.56. The summed E-state index contributed by atoms with van der Waals surface area (Å²) in [6, 6.07) is 1.65. The number of aryl methyl sites for hydroxylation is 1. The molecule has 1 N–H and O–H groups in total. The van der Waals surface area contributed by atoms with Crippen LogP contribution in [0.15, 0.2) is 15.5 Å². The second kappa shape index (κ2) is 6.35. The van der Waals surface area contributed by atoms with E-state index in [2.05, 4.69) is 25.1 Å². The van der Waals surface area contributed by atoms with Crippen molar-refractivity contribution >= 4 is 5.95 Å². The molecule has 1 unspecified atom stereocenters. The molecule has 1 atom stereocenters. The van der Waals surface area contributed by atoms with Gasteiger partial charge in [0.05, 0.1) is 5.69 Å². The van der Waals surface area contributed by atoms with E-state index in [0.29, 0.717) is 0 Å². The lowest BCUT2D eigenvalue weighted by atomic mass is 10.1. The number of hydrogen-bond acceptors (Lipinski definition) is 7. The van der Waals surface area contributed by atoms with Gasteiger partial charge < -0.3 is 4.90 Å². The Labute approximate surface area is 139 Å². The summed E-state index contributed by atoms with van der Waals surface area (Å²) in [6.45, 7) is 6.42. The van der Waals surface area contributed by atoms with Crippen LogP contribution in [0.2, 0.25) is 0 Å². The van der Waals surface area contributed by atoms with Gasteiger partial charge in [0.15, 0.2) is 0 Å². The summed E-state index contributed by atoms with van der Waals surface area (Å²) in [5, 5.41) is 7.78. The number of aromatic amines is 1. The van der Waals surface area contributed by atoms with E-state index < -0.39 is 0 Å². The van der Waals surface area contributed by atoms with Gasteiger partial charge in [-0.3, -0.25) is 14.7 Å². The van der Waals surface area contributed by atoms with Gasteiger partial charge in [-0.05, 0) is 32.7 Å². The summed E-state index contributed by atoms with van der Waals surface area (Å²) in [7, 11) is 0. The van der Waals surface area contributed by atoms with Crippen molar-refractivity contribution in [3.63, 3.8) is 0 Å². The van der Waals surface area contributed by atoms with Gasteiger partial charge in [0.25, 0.3) is 5.56 Å². The SMILES string of the molecule is Cc1nonc1CN1CCC(c2cc(=O)[nH]c(N3CCCC3)n2)C1. The van der Waals surface area contributed by atoms with Crippen molar-refractivity contribution in [2.75, 3.05) is 31.1 Å². The molecule has 0 spiro atoms. The first-order valence-electron chi connectivity index (χ1n) is 8.55. The van der Waals surface area contributed by atoms with Crippen molar-refractivity contribution in [3.8, 4) is 0 Å². The number of anilines is 1. The third kappa shape index (κ3) is 3.06. The van der Waals surface area contributed by atoms with Crippen LogP contribution in [0.3, 0.4) is 0 Å². The largest absolute Gasteiger partial charge is 0.342 e. The van der Waals surface area contributed by atoms with Crippen molar-refractivity contribution in [2.45, 2.75) is 38.6 Å². The first-order valence-corrected chi connectivity index (χ1v) is 8.55. The van der Waals surface area contributed by atoms with Gasteiger partial charge >= 0.3 is 0 Å². The molecule has 0 radical (unpaired) electrons. The molecule has 2 aliphatic heterocycles. The molecule has 0 aromatic carbocycles. The molecule has 24 heavy (non-hydrogen) atoms. The number of hydrogen-bond donors (Lipinski definition) is 1. The van der Waals surface area contributed by atoms with Gasteiger partial charge in [-0.1, -0.05) is 10.3 Å². The lowest BCUT2D eigenvalue weighted by Crippen LogP contribution is -2.25. The highest BCUT2D eigenvalue weighted by Crippen LogP contribution is 2.27. The maximum atomic E-state index is 12.0. The fourth-order valence-corrected chi connectivity index (χ4v) is 3.57. The van der Waals surface area contributed by atoms with Crippen molar-refractivity contribution in [1.29, 1.82) is 0 Å². The third-order valence-electron chi connectivity index (χ3n) is 4.97. The molecule has 0 saturated carbocycles. The minimum atomic E-state index is -0.0584. The van der Waals surface area contributed by atoms with Gasteiger partial charge in [-0.15, -0.1) is 0 Å². The highest BCUT2D eigenvalue weighted by molar-refractivity contribution is 5.32. The Bertz CT molecular complexity index is 764. The first-order chi connectivity index (χ1) is 11.7. The quantitative estimate of drug-likeness (QED) is 0.896. The monoisotopic (exact) mass is 330 g/mol. The maximum absolute atomic E-state index is 12.0. The number of nitrogens with zero attached hydrogens (tertiary/aromatic N) is 5. The molecule has 2 aliphatic rings. The van der Waals surface area contributed by atoms with E-state index in [1.54, 1.807) is 6.07 Å². The zero-order chi connectivity index (χ0) is 16.5. The van der Waals surface area contributed by atoms with Gasteiger partial charge in [0.1, 0.15) is 11.4 Å². The van der Waals surface area contributed by atoms with E-state index in [-0.39, 0.29) is 11.5 Å². The van der Waals surface area contributed by atoms with Crippen LogP contribution < -0.4 is 10.5 Å². The molecule has 2 fully saturated rings. The minimum absolute atomic E-state index is 0.0584. The van der Waals surface area contributed by atoms with Crippen molar-refractivity contribution in [2.24, 2.45) is 0 Å². The van der Waals surface area contributed by atoms with Crippen LogP contribution in [0.5, 0.6) is 0 Å². The van der Waals surface area contributed by atoms with E-state index in [4.69, 9.17) is 9.61 Å². The van der Waals surface area contributed by atoms with Crippen LogP contribution in [0.1, 0.15) is 42.3 Å². The Morgan fingerprint density at radius 1 is 1.29 bits per heavy atom. The molecule has 2 aromatic heterocycles. The average Bonchev–Trinajstić information content (AvgIpc) is 3.30. The highest BCUT2D eigenvalue weighted by atomic mass is 16.6. The van der Waals surface area contributed by atoms with E-state index in [1.807, 2.05) is 6.92 Å². The second-order valence-electron chi connectivity index (χ2n) is 6.71. The predicted molar refractivity (Wildman–Crippen MR) is 88.0 cm³/mol. The van der Waals surface area contributed by atoms with Crippen molar-refractivity contribution in [1.82, 2.24) is 25.2 Å². The standard InChI is InChI=1S/C16H22N6O2/c1-11-14(20-24-19-11)10-21-7-4-12(9-21)13-8-15(23)18-16(17-13)22-5-2-3-6-22/h8,12H,2-7,9-10H2,1H3,(H,17,18,23). The molecule has 8 heteroatoms. The molecule has 4 rings (SSSR count). The minimum Gasteiger partial charge on any atom is -0.342 e. The Morgan fingerprint density at radius 3 is 2.88 bits per heavy atom. The molecule has 4 heterocycles. The fraction of sp³-hybridized carbons (Fsp3) is 0.625. The molecule has 0 bridgehead atoms. The molecule has 128 valence electrons. The summed E-state index contributed by atoms with van der Waals surface area (Å²) >= 11 is 0. The molecule has 0 amide bonds. The molecule has 8 nitrogen and oxygen atoms in total. The maximum Gasteiger partial charge on any atom is 0.252 e. The molecular weight excluding hydrogens is 308 g/mol. The summed E-state index contributed by atoms with van der Waals surface area (Å²) in [4.78, 5) is 24.2. The highest BCUT2D eigenvalue weighted by Gasteiger charge is 2.27. The van der Waals surface area contributed by atoms with Gasteiger partial charge in [-0.25, -0.2) is 9.61 Å². The molecule has 2 saturated heterocycles. The van der Waals surface area contributed by atoms with Crippen LogP contribution >= 0.6 is 0 Å². The number of nitrogens with one attached hydrogen (secondary N) is 1. The fourth-order valence-electron chi connectivity index (χ4n) is 3.57. The predicted octanol–water partition coefficient (Wildman–Crippen LogP) is 1.05. The lowest BCUT2D eigenvalue weighted by molar-refractivity contribution is 0.282. The number of rotatable bonds is 4. The smallest absolute Gasteiger partial charge is 0.252 e. The van der Waals surface area contributed by atoms with Gasteiger partial charge in [0.2, 0.25) is 5.95 Å². The zero-order valence-corrected chi connectivity index (χ0v) is 13.9. The molecule has 0 aliphatic carbocycles. The Hall–Kier alpha value is -2.22. The second-order valence-corrected chi connectivity index (χ2v) is 6.71.